The summed E-state index contributed by atoms with van der Waals surface area (Å²) in [5.74, 6) is -2.22. The molecule has 1 aromatic carbocycles. The number of halogens is 2. The molecular formula is C26H30F2N6O2. The van der Waals surface area contributed by atoms with Crippen molar-refractivity contribution in [2.24, 2.45) is 0 Å². The average Bonchev–Trinajstić information content (AvgIpc) is 3.41. The highest BCUT2D eigenvalue weighted by molar-refractivity contribution is 6.15. The fourth-order valence-corrected chi connectivity index (χ4v) is 5.14. The van der Waals surface area contributed by atoms with Crippen LogP contribution < -0.4 is 20.3 Å². The molecule has 1 aliphatic rings. The molecule has 1 fully saturated rings. The maximum Gasteiger partial charge on any atom is 0.260 e. The number of methoxy groups -OCH3 is 1. The highest BCUT2D eigenvalue weighted by Crippen LogP contribution is 2.36. The smallest absolute Gasteiger partial charge is 0.260 e. The Hall–Kier alpha value is -3.66. The van der Waals surface area contributed by atoms with Gasteiger partial charge in [-0.15, -0.1) is 0 Å². The molecule has 4 heterocycles. The lowest BCUT2D eigenvalue weighted by atomic mass is 10.0. The molecule has 0 unspecified atom stereocenters. The molecule has 1 amide bonds. The van der Waals surface area contributed by atoms with Gasteiger partial charge in [0.2, 0.25) is 5.82 Å². The third-order valence-corrected chi connectivity index (χ3v) is 6.75. The summed E-state index contributed by atoms with van der Waals surface area (Å²) in [6.07, 6.45) is 5.07. The fourth-order valence-electron chi connectivity index (χ4n) is 5.14. The molecule has 0 bridgehead atoms. The van der Waals surface area contributed by atoms with Crippen LogP contribution in [0.3, 0.4) is 0 Å². The minimum atomic E-state index is -0.707. The first-order valence-corrected chi connectivity index (χ1v) is 12.1. The maximum absolute atomic E-state index is 15.6. The number of ether oxygens (including phenoxy) is 1. The maximum atomic E-state index is 15.6. The van der Waals surface area contributed by atoms with Crippen molar-refractivity contribution in [1.29, 1.82) is 0 Å². The number of nitrogens with zero attached hydrogens (tertiary/aromatic N) is 3. The molecule has 0 radical (unpaired) electrons. The molecule has 0 spiro atoms. The van der Waals surface area contributed by atoms with E-state index in [1.165, 1.54) is 23.8 Å². The minimum Gasteiger partial charge on any atom is -0.491 e. The van der Waals surface area contributed by atoms with E-state index in [4.69, 9.17) is 4.74 Å². The zero-order valence-electron chi connectivity index (χ0n) is 20.8. The van der Waals surface area contributed by atoms with Crippen LogP contribution in [-0.2, 0) is 0 Å². The van der Waals surface area contributed by atoms with E-state index >= 15 is 8.78 Å². The fraction of sp³-hybridized carbons (Fsp3) is 0.385. The van der Waals surface area contributed by atoms with Crippen LogP contribution in [0.1, 0.15) is 41.5 Å². The molecule has 0 saturated carbocycles. The molecule has 4 aromatic rings. The van der Waals surface area contributed by atoms with Crippen molar-refractivity contribution < 1.29 is 18.3 Å². The number of rotatable bonds is 6. The van der Waals surface area contributed by atoms with Crippen LogP contribution in [0.5, 0.6) is 5.75 Å². The van der Waals surface area contributed by atoms with Crippen LogP contribution in [0, 0.1) is 25.5 Å². The summed E-state index contributed by atoms with van der Waals surface area (Å²) in [5, 5.41) is 6.90. The van der Waals surface area contributed by atoms with E-state index in [2.05, 4.69) is 32.4 Å². The molecule has 190 valence electrons. The number of hydrogen-bond acceptors (Lipinski definition) is 5. The van der Waals surface area contributed by atoms with E-state index in [0.29, 0.717) is 17.3 Å². The number of H-pyrrole nitrogens is 1. The molecule has 3 aromatic heterocycles. The van der Waals surface area contributed by atoms with Crippen molar-refractivity contribution in [3.05, 3.63) is 53.1 Å². The summed E-state index contributed by atoms with van der Waals surface area (Å²) in [5.41, 5.74) is 2.62. The first kappa shape index (κ1) is 24.1. The Bertz CT molecular complexity index is 1450. The van der Waals surface area contributed by atoms with Gasteiger partial charge >= 0.3 is 0 Å². The topological polar surface area (TPSA) is 86.7 Å². The predicted molar refractivity (Wildman–Crippen MR) is 136 cm³/mol. The minimum absolute atomic E-state index is 0.0790. The SMILES string of the molecule is CCNC1CCN(c2cc(F)c(C(=O)Nc3cn4cc(C)nc4c(F)c3OC)c3[nH]c(C)cc23)CC1. The van der Waals surface area contributed by atoms with Crippen molar-refractivity contribution in [3.8, 4) is 5.75 Å². The lowest BCUT2D eigenvalue weighted by Gasteiger charge is -2.34. The van der Waals surface area contributed by atoms with Crippen LogP contribution >= 0.6 is 0 Å². The van der Waals surface area contributed by atoms with Gasteiger partial charge in [-0.1, -0.05) is 6.92 Å². The predicted octanol–water partition coefficient (Wildman–Crippen LogP) is 4.55. The van der Waals surface area contributed by atoms with Gasteiger partial charge in [0.05, 0.1) is 23.9 Å². The van der Waals surface area contributed by atoms with E-state index < -0.39 is 17.5 Å². The molecule has 10 heteroatoms. The largest absolute Gasteiger partial charge is 0.491 e. The summed E-state index contributed by atoms with van der Waals surface area (Å²) in [6.45, 7) is 8.21. The van der Waals surface area contributed by atoms with E-state index in [9.17, 15) is 4.79 Å². The van der Waals surface area contributed by atoms with Crippen LogP contribution in [0.2, 0.25) is 0 Å². The zero-order valence-corrected chi connectivity index (χ0v) is 20.8. The van der Waals surface area contributed by atoms with E-state index in [-0.39, 0.29) is 22.6 Å². The molecule has 3 N–H and O–H groups in total. The van der Waals surface area contributed by atoms with Crippen LogP contribution in [0.15, 0.2) is 24.5 Å². The molecule has 5 rings (SSSR count). The van der Waals surface area contributed by atoms with Crippen LogP contribution in [0.4, 0.5) is 20.2 Å². The molecule has 8 nitrogen and oxygen atoms in total. The number of benzene rings is 1. The Morgan fingerprint density at radius 3 is 2.67 bits per heavy atom. The molecule has 0 atom stereocenters. The summed E-state index contributed by atoms with van der Waals surface area (Å²) in [4.78, 5) is 22.9. The highest BCUT2D eigenvalue weighted by Gasteiger charge is 2.27. The Labute approximate surface area is 207 Å². The summed E-state index contributed by atoms with van der Waals surface area (Å²) < 4.78 is 37.3. The highest BCUT2D eigenvalue weighted by atomic mass is 19.1. The number of piperidine rings is 1. The van der Waals surface area contributed by atoms with Gasteiger partial charge in [-0.25, -0.2) is 9.37 Å². The lowest BCUT2D eigenvalue weighted by Crippen LogP contribution is -2.42. The third kappa shape index (κ3) is 4.15. The summed E-state index contributed by atoms with van der Waals surface area (Å²) in [6, 6.07) is 3.81. The summed E-state index contributed by atoms with van der Waals surface area (Å²) >= 11 is 0. The number of aryl methyl sites for hydroxylation is 2. The quantitative estimate of drug-likeness (QED) is 0.365. The number of aromatic nitrogens is 3. The van der Waals surface area contributed by atoms with Gasteiger partial charge in [0, 0.05) is 48.3 Å². The number of nitrogens with one attached hydrogen (secondary N) is 3. The second-order valence-corrected chi connectivity index (χ2v) is 9.27. The lowest BCUT2D eigenvalue weighted by molar-refractivity contribution is 0.102. The van der Waals surface area contributed by atoms with E-state index in [1.807, 2.05) is 13.0 Å². The van der Waals surface area contributed by atoms with Crippen molar-refractivity contribution in [2.75, 3.05) is 37.0 Å². The van der Waals surface area contributed by atoms with Gasteiger partial charge in [0.25, 0.3) is 5.91 Å². The number of amides is 1. The molecule has 1 aliphatic heterocycles. The second-order valence-electron chi connectivity index (χ2n) is 9.27. The number of aromatic amines is 1. The number of fused-ring (bicyclic) bond motifs is 2. The Morgan fingerprint density at radius 1 is 1.22 bits per heavy atom. The Balaban J connectivity index is 1.52. The molecule has 1 saturated heterocycles. The summed E-state index contributed by atoms with van der Waals surface area (Å²) in [7, 11) is 1.31. The molecular weight excluding hydrogens is 466 g/mol. The number of carbonyl (C=O) groups excluding carboxylic acids is 1. The number of hydrogen-bond donors (Lipinski definition) is 3. The second kappa shape index (κ2) is 9.42. The van der Waals surface area contributed by atoms with Crippen LogP contribution in [0.25, 0.3) is 16.6 Å². The first-order valence-electron chi connectivity index (χ1n) is 12.1. The Morgan fingerprint density at radius 2 is 1.97 bits per heavy atom. The number of anilines is 2. The normalized spacial score (nSPS) is 14.7. The third-order valence-electron chi connectivity index (χ3n) is 6.75. The van der Waals surface area contributed by atoms with E-state index in [0.717, 1.165) is 49.2 Å². The number of carbonyl (C=O) groups is 1. The van der Waals surface area contributed by atoms with Gasteiger partial charge in [-0.2, -0.15) is 4.39 Å². The van der Waals surface area contributed by atoms with Crippen molar-refractivity contribution in [1.82, 2.24) is 19.7 Å². The van der Waals surface area contributed by atoms with Gasteiger partial charge in [0.1, 0.15) is 11.5 Å². The average molecular weight is 497 g/mol. The van der Waals surface area contributed by atoms with Gasteiger partial charge < -0.3 is 29.7 Å². The monoisotopic (exact) mass is 496 g/mol. The van der Waals surface area contributed by atoms with Crippen molar-refractivity contribution in [2.45, 2.75) is 39.7 Å². The standard InChI is InChI=1S/C26H30F2N6O2/c1-5-29-16-6-8-33(9-7-16)20-11-18(27)21(23-17(20)10-14(2)30-23)26(35)32-19-13-34-12-15(3)31-25(34)22(28)24(19)36-4/h10-13,16,29-30H,5-9H2,1-4H3,(H,32,35). The van der Waals surface area contributed by atoms with Gasteiger partial charge in [-0.3, -0.25) is 4.79 Å². The van der Waals surface area contributed by atoms with Crippen molar-refractivity contribution >= 4 is 33.8 Å². The molecule has 36 heavy (non-hydrogen) atoms. The first-order chi connectivity index (χ1) is 17.3. The molecule has 0 aliphatic carbocycles. The van der Waals surface area contributed by atoms with Crippen molar-refractivity contribution in [3.63, 3.8) is 0 Å². The van der Waals surface area contributed by atoms with Gasteiger partial charge in [-0.05, 0) is 45.4 Å². The van der Waals surface area contributed by atoms with Gasteiger partial charge in [0.15, 0.2) is 11.4 Å². The number of pyridine rings is 1. The van der Waals surface area contributed by atoms with Crippen LogP contribution in [-0.4, -0.2) is 53.1 Å². The zero-order chi connectivity index (χ0) is 25.6. The number of imidazole rings is 1. The Kier molecular flexibility index (Phi) is 6.29. The van der Waals surface area contributed by atoms with E-state index in [1.54, 1.807) is 13.1 Å².